The van der Waals surface area contributed by atoms with E-state index >= 15 is 0 Å². The number of carbonyl (C=O) groups is 3. The van der Waals surface area contributed by atoms with Crippen molar-refractivity contribution in [3.8, 4) is 0 Å². The molecular formula is C9H11N5O4S. The van der Waals surface area contributed by atoms with Crippen LogP contribution in [-0.2, 0) is 9.59 Å². The molecule has 0 bridgehead atoms. The maximum Gasteiger partial charge on any atom is 0.324 e. The highest BCUT2D eigenvalue weighted by atomic mass is 32.1. The molecule has 2 rings (SSSR count). The Labute approximate surface area is 111 Å². The number of piperazine rings is 1. The third-order valence-corrected chi connectivity index (χ3v) is 3.14. The summed E-state index contributed by atoms with van der Waals surface area (Å²) in [5.74, 6) is -1.61. The SMILES string of the molecule is O=C(O)CC1C(=O)NCCN1C(=O)Nc1nncs1. The van der Waals surface area contributed by atoms with E-state index in [0.717, 1.165) is 11.3 Å². The average molecular weight is 285 g/mol. The van der Waals surface area contributed by atoms with Crippen LogP contribution >= 0.6 is 11.3 Å². The van der Waals surface area contributed by atoms with Crippen LogP contribution < -0.4 is 10.6 Å². The average Bonchev–Trinajstić information content (AvgIpc) is 2.84. The number of carbonyl (C=O) groups excluding carboxylic acids is 2. The summed E-state index contributed by atoms with van der Waals surface area (Å²) >= 11 is 1.13. The van der Waals surface area contributed by atoms with Gasteiger partial charge < -0.3 is 15.3 Å². The van der Waals surface area contributed by atoms with Crippen LogP contribution in [0.2, 0.25) is 0 Å². The molecule has 9 nitrogen and oxygen atoms in total. The van der Waals surface area contributed by atoms with Crippen LogP contribution in [0.4, 0.5) is 9.93 Å². The fourth-order valence-electron chi connectivity index (χ4n) is 1.72. The molecule has 1 aromatic heterocycles. The number of aliphatic carboxylic acids is 1. The molecule has 0 radical (unpaired) electrons. The third-order valence-electron chi connectivity index (χ3n) is 2.53. The molecule has 0 aliphatic carbocycles. The Kier molecular flexibility index (Phi) is 3.90. The molecule has 19 heavy (non-hydrogen) atoms. The number of hydrogen-bond donors (Lipinski definition) is 3. The fraction of sp³-hybridized carbons (Fsp3) is 0.444. The minimum absolute atomic E-state index is 0.244. The lowest BCUT2D eigenvalue weighted by atomic mass is 10.1. The van der Waals surface area contributed by atoms with Crippen LogP contribution in [0.3, 0.4) is 0 Å². The fourth-order valence-corrected chi connectivity index (χ4v) is 2.15. The van der Waals surface area contributed by atoms with Gasteiger partial charge in [0.1, 0.15) is 11.6 Å². The second kappa shape index (κ2) is 5.61. The van der Waals surface area contributed by atoms with Gasteiger partial charge in [-0.3, -0.25) is 14.9 Å². The highest BCUT2D eigenvalue weighted by Gasteiger charge is 2.34. The van der Waals surface area contributed by atoms with Gasteiger partial charge in [0.25, 0.3) is 0 Å². The first-order chi connectivity index (χ1) is 9.08. The lowest BCUT2D eigenvalue weighted by molar-refractivity contribution is -0.142. The predicted octanol–water partition coefficient (Wildman–Crippen LogP) is -0.655. The van der Waals surface area contributed by atoms with Crippen molar-refractivity contribution in [2.75, 3.05) is 18.4 Å². The first kappa shape index (κ1) is 13.2. The molecule has 1 unspecified atom stereocenters. The monoisotopic (exact) mass is 285 g/mol. The van der Waals surface area contributed by atoms with Crippen LogP contribution in [0.1, 0.15) is 6.42 Å². The number of rotatable bonds is 3. The van der Waals surface area contributed by atoms with E-state index in [1.165, 1.54) is 10.4 Å². The maximum atomic E-state index is 12.0. The van der Waals surface area contributed by atoms with Gasteiger partial charge in [-0.05, 0) is 0 Å². The van der Waals surface area contributed by atoms with E-state index in [-0.39, 0.29) is 6.54 Å². The van der Waals surface area contributed by atoms with Crippen molar-refractivity contribution >= 4 is 34.4 Å². The molecule has 3 amide bonds. The molecule has 1 fully saturated rings. The van der Waals surface area contributed by atoms with E-state index in [4.69, 9.17) is 5.11 Å². The third kappa shape index (κ3) is 3.16. The minimum Gasteiger partial charge on any atom is -0.481 e. The normalized spacial score (nSPS) is 18.8. The first-order valence-electron chi connectivity index (χ1n) is 5.41. The largest absolute Gasteiger partial charge is 0.481 e. The second-order valence-corrected chi connectivity index (χ2v) is 4.61. The molecule has 1 saturated heterocycles. The Balaban J connectivity index is 2.08. The zero-order valence-corrected chi connectivity index (χ0v) is 10.5. The van der Waals surface area contributed by atoms with Gasteiger partial charge in [0.05, 0.1) is 6.42 Å². The number of aromatic nitrogens is 2. The summed E-state index contributed by atoms with van der Waals surface area (Å²) in [6.45, 7) is 0.535. The Morgan fingerprint density at radius 1 is 1.63 bits per heavy atom. The van der Waals surface area contributed by atoms with E-state index < -0.39 is 30.4 Å². The standard InChI is InChI=1S/C9H11N5O4S/c15-6(16)3-5-7(17)10-1-2-14(5)9(18)12-8-13-11-4-19-8/h4-5H,1-3H2,(H,10,17)(H,15,16)(H,12,13,18). The van der Waals surface area contributed by atoms with Gasteiger partial charge in [0, 0.05) is 13.1 Å². The number of carboxylic acids is 1. The number of nitrogens with zero attached hydrogens (tertiary/aromatic N) is 3. The second-order valence-electron chi connectivity index (χ2n) is 3.77. The highest BCUT2D eigenvalue weighted by molar-refractivity contribution is 7.13. The first-order valence-corrected chi connectivity index (χ1v) is 6.29. The summed E-state index contributed by atoms with van der Waals surface area (Å²) in [6, 6.07) is -1.57. The molecule has 3 N–H and O–H groups in total. The molecule has 0 aromatic carbocycles. The Bertz CT molecular complexity index is 491. The van der Waals surface area contributed by atoms with Gasteiger partial charge in [-0.25, -0.2) is 4.79 Å². The van der Waals surface area contributed by atoms with E-state index in [9.17, 15) is 14.4 Å². The van der Waals surface area contributed by atoms with Crippen molar-refractivity contribution in [2.24, 2.45) is 0 Å². The van der Waals surface area contributed by atoms with E-state index in [1.54, 1.807) is 0 Å². The number of carboxylic acid groups (broad SMARTS) is 1. The van der Waals surface area contributed by atoms with Crippen LogP contribution in [0.15, 0.2) is 5.51 Å². The van der Waals surface area contributed by atoms with Crippen molar-refractivity contribution in [3.05, 3.63) is 5.51 Å². The predicted molar refractivity (Wildman–Crippen MR) is 64.7 cm³/mol. The number of hydrogen-bond acceptors (Lipinski definition) is 6. The maximum absolute atomic E-state index is 12.0. The van der Waals surface area contributed by atoms with Crippen LogP contribution in [0.5, 0.6) is 0 Å². The highest BCUT2D eigenvalue weighted by Crippen LogP contribution is 2.14. The lowest BCUT2D eigenvalue weighted by Crippen LogP contribution is -2.58. The number of anilines is 1. The number of amides is 3. The molecule has 102 valence electrons. The summed E-state index contributed by atoms with van der Waals surface area (Å²) in [6.07, 6.45) is -0.435. The molecule has 0 saturated carbocycles. The summed E-state index contributed by atoms with van der Waals surface area (Å²) in [5.41, 5.74) is 1.45. The summed E-state index contributed by atoms with van der Waals surface area (Å²) in [7, 11) is 0. The summed E-state index contributed by atoms with van der Waals surface area (Å²) in [4.78, 5) is 35.5. The molecule has 2 heterocycles. The van der Waals surface area contributed by atoms with Crippen molar-refractivity contribution in [3.63, 3.8) is 0 Å². The van der Waals surface area contributed by atoms with Gasteiger partial charge in [-0.2, -0.15) is 0 Å². The Morgan fingerprint density at radius 2 is 2.42 bits per heavy atom. The number of urea groups is 1. The Morgan fingerprint density at radius 3 is 3.05 bits per heavy atom. The van der Waals surface area contributed by atoms with E-state index in [1.807, 2.05) is 0 Å². The van der Waals surface area contributed by atoms with Gasteiger partial charge >= 0.3 is 12.0 Å². The van der Waals surface area contributed by atoms with Crippen LogP contribution in [0.25, 0.3) is 0 Å². The molecular weight excluding hydrogens is 274 g/mol. The number of nitrogens with one attached hydrogen (secondary N) is 2. The lowest BCUT2D eigenvalue weighted by Gasteiger charge is -2.33. The van der Waals surface area contributed by atoms with Crippen molar-refractivity contribution in [1.82, 2.24) is 20.4 Å². The van der Waals surface area contributed by atoms with E-state index in [2.05, 4.69) is 20.8 Å². The smallest absolute Gasteiger partial charge is 0.324 e. The summed E-state index contributed by atoms with van der Waals surface area (Å²) < 4.78 is 0. The topological polar surface area (TPSA) is 125 Å². The van der Waals surface area contributed by atoms with Crippen molar-refractivity contribution in [2.45, 2.75) is 12.5 Å². The van der Waals surface area contributed by atoms with Crippen molar-refractivity contribution < 1.29 is 19.5 Å². The van der Waals surface area contributed by atoms with E-state index in [0.29, 0.717) is 11.7 Å². The zero-order chi connectivity index (χ0) is 13.8. The van der Waals surface area contributed by atoms with Gasteiger partial charge in [0.2, 0.25) is 11.0 Å². The Hall–Kier alpha value is -2.23. The van der Waals surface area contributed by atoms with Crippen LogP contribution in [0, 0.1) is 0 Å². The van der Waals surface area contributed by atoms with Gasteiger partial charge in [-0.15, -0.1) is 10.2 Å². The molecule has 10 heteroatoms. The zero-order valence-electron chi connectivity index (χ0n) is 9.70. The van der Waals surface area contributed by atoms with Crippen LogP contribution in [-0.4, -0.2) is 57.2 Å². The molecule has 1 atom stereocenters. The summed E-state index contributed by atoms with van der Waals surface area (Å²) in [5, 5.41) is 21.3. The molecule has 1 aliphatic heterocycles. The van der Waals surface area contributed by atoms with Gasteiger partial charge in [0.15, 0.2) is 0 Å². The van der Waals surface area contributed by atoms with Crippen molar-refractivity contribution in [1.29, 1.82) is 0 Å². The van der Waals surface area contributed by atoms with Gasteiger partial charge in [-0.1, -0.05) is 11.3 Å². The molecule has 0 spiro atoms. The molecule has 1 aliphatic rings. The molecule has 1 aromatic rings. The minimum atomic E-state index is -1.14. The quantitative estimate of drug-likeness (QED) is 0.677.